The highest BCUT2D eigenvalue weighted by molar-refractivity contribution is 5.69. The van der Waals surface area contributed by atoms with Crippen molar-refractivity contribution in [2.45, 2.75) is 37.8 Å². The third-order valence-electron chi connectivity index (χ3n) is 3.64. The average Bonchev–Trinajstić information content (AvgIpc) is 2.89. The van der Waals surface area contributed by atoms with Crippen molar-refractivity contribution in [2.24, 2.45) is 0 Å². The summed E-state index contributed by atoms with van der Waals surface area (Å²) in [6.45, 7) is 4.05. The molecule has 0 unspecified atom stereocenters. The molecule has 17 heavy (non-hydrogen) atoms. The minimum absolute atomic E-state index is 0.163. The number of carboxylic acid groups (broad SMARTS) is 1. The number of hydrogen-bond donors (Lipinski definition) is 3. The van der Waals surface area contributed by atoms with Crippen molar-refractivity contribution in [1.82, 2.24) is 15.5 Å². The van der Waals surface area contributed by atoms with Crippen LogP contribution in [0.3, 0.4) is 0 Å². The Balaban J connectivity index is 1.80. The quantitative estimate of drug-likeness (QED) is 0.605. The van der Waals surface area contributed by atoms with Crippen LogP contribution in [0.1, 0.15) is 25.7 Å². The van der Waals surface area contributed by atoms with Gasteiger partial charge in [0.1, 0.15) is 0 Å². The molecule has 0 saturated carbocycles. The van der Waals surface area contributed by atoms with E-state index in [0.717, 1.165) is 26.2 Å². The minimum Gasteiger partial charge on any atom is -0.480 e. The number of nitrogens with one attached hydrogen (secondary N) is 2. The van der Waals surface area contributed by atoms with Gasteiger partial charge in [0.2, 0.25) is 0 Å². The molecule has 2 rings (SSSR count). The lowest BCUT2D eigenvalue weighted by molar-refractivity contribution is -0.138. The van der Waals surface area contributed by atoms with E-state index in [4.69, 9.17) is 5.11 Å². The lowest BCUT2D eigenvalue weighted by atomic mass is 10.1. The molecule has 5 heteroatoms. The SMILES string of the molecule is O=C(O)CN(C[C@@H]1CCCN1)C[C@@H]1CCCN1. The number of carbonyl (C=O) groups is 1. The van der Waals surface area contributed by atoms with Gasteiger partial charge in [0.15, 0.2) is 0 Å². The van der Waals surface area contributed by atoms with Crippen molar-refractivity contribution in [1.29, 1.82) is 0 Å². The summed E-state index contributed by atoms with van der Waals surface area (Å²) in [5.41, 5.74) is 0. The number of carboxylic acids is 1. The summed E-state index contributed by atoms with van der Waals surface area (Å²) >= 11 is 0. The van der Waals surface area contributed by atoms with Crippen molar-refractivity contribution in [3.63, 3.8) is 0 Å². The van der Waals surface area contributed by atoms with Crippen molar-refractivity contribution >= 4 is 5.97 Å². The van der Waals surface area contributed by atoms with Crippen LogP contribution < -0.4 is 10.6 Å². The molecule has 0 aromatic rings. The van der Waals surface area contributed by atoms with E-state index in [0.29, 0.717) is 12.1 Å². The molecule has 2 heterocycles. The maximum Gasteiger partial charge on any atom is 0.317 e. The Hall–Kier alpha value is -0.650. The fourth-order valence-electron chi connectivity index (χ4n) is 2.84. The van der Waals surface area contributed by atoms with Crippen LogP contribution >= 0.6 is 0 Å². The zero-order valence-corrected chi connectivity index (χ0v) is 10.3. The molecule has 2 fully saturated rings. The molecule has 5 nitrogen and oxygen atoms in total. The summed E-state index contributed by atoms with van der Waals surface area (Å²) in [7, 11) is 0. The normalized spacial score (nSPS) is 29.0. The van der Waals surface area contributed by atoms with Crippen molar-refractivity contribution in [3.8, 4) is 0 Å². The van der Waals surface area contributed by atoms with E-state index in [1.807, 2.05) is 0 Å². The Morgan fingerprint density at radius 3 is 2.00 bits per heavy atom. The Bertz CT molecular complexity index is 230. The monoisotopic (exact) mass is 241 g/mol. The van der Waals surface area contributed by atoms with Crippen LogP contribution in [0.15, 0.2) is 0 Å². The van der Waals surface area contributed by atoms with Crippen LogP contribution in [0.2, 0.25) is 0 Å². The van der Waals surface area contributed by atoms with Gasteiger partial charge in [0.05, 0.1) is 6.54 Å². The van der Waals surface area contributed by atoms with Gasteiger partial charge in [-0.3, -0.25) is 9.69 Å². The highest BCUT2D eigenvalue weighted by Gasteiger charge is 2.23. The van der Waals surface area contributed by atoms with Gasteiger partial charge >= 0.3 is 5.97 Å². The molecule has 0 amide bonds. The molecule has 0 spiro atoms. The van der Waals surface area contributed by atoms with E-state index in [2.05, 4.69) is 15.5 Å². The number of hydrogen-bond acceptors (Lipinski definition) is 4. The minimum atomic E-state index is -0.721. The van der Waals surface area contributed by atoms with Gasteiger partial charge < -0.3 is 15.7 Å². The molecule has 3 N–H and O–H groups in total. The molecule has 0 aliphatic carbocycles. The third-order valence-corrected chi connectivity index (χ3v) is 3.64. The second-order valence-corrected chi connectivity index (χ2v) is 5.17. The molecule has 0 radical (unpaired) electrons. The van der Waals surface area contributed by atoms with Gasteiger partial charge in [0.25, 0.3) is 0 Å². The summed E-state index contributed by atoms with van der Waals surface area (Å²) in [6, 6.07) is 0.964. The van der Waals surface area contributed by atoms with Crippen molar-refractivity contribution in [3.05, 3.63) is 0 Å². The van der Waals surface area contributed by atoms with Crippen LogP contribution in [-0.4, -0.2) is 60.8 Å². The van der Waals surface area contributed by atoms with Crippen LogP contribution in [0.25, 0.3) is 0 Å². The predicted octanol–water partition coefficient (Wildman–Crippen LogP) is -0.123. The topological polar surface area (TPSA) is 64.6 Å². The Kier molecular flexibility index (Phi) is 4.76. The summed E-state index contributed by atoms with van der Waals surface area (Å²) in [5, 5.41) is 15.8. The first-order chi connectivity index (χ1) is 8.24. The van der Waals surface area contributed by atoms with E-state index in [1.165, 1.54) is 25.7 Å². The second kappa shape index (κ2) is 6.33. The van der Waals surface area contributed by atoms with Gasteiger partial charge in [0, 0.05) is 25.2 Å². The molecule has 98 valence electrons. The van der Waals surface area contributed by atoms with Crippen molar-refractivity contribution in [2.75, 3.05) is 32.7 Å². The van der Waals surface area contributed by atoms with Crippen LogP contribution in [0, 0.1) is 0 Å². The molecule has 0 aromatic carbocycles. The predicted molar refractivity (Wildman–Crippen MR) is 66.1 cm³/mol. The fraction of sp³-hybridized carbons (Fsp3) is 0.917. The van der Waals surface area contributed by atoms with E-state index in [-0.39, 0.29) is 6.54 Å². The highest BCUT2D eigenvalue weighted by atomic mass is 16.4. The number of rotatable bonds is 6. The van der Waals surface area contributed by atoms with Crippen LogP contribution in [-0.2, 0) is 4.79 Å². The van der Waals surface area contributed by atoms with Gasteiger partial charge in [-0.25, -0.2) is 0 Å². The molecule has 2 aliphatic heterocycles. The first kappa shape index (κ1) is 12.8. The Morgan fingerprint density at radius 2 is 1.65 bits per heavy atom. The lowest BCUT2D eigenvalue weighted by Gasteiger charge is -2.26. The summed E-state index contributed by atoms with van der Waals surface area (Å²) in [6.07, 6.45) is 4.78. The Morgan fingerprint density at radius 1 is 1.12 bits per heavy atom. The maximum absolute atomic E-state index is 10.9. The van der Waals surface area contributed by atoms with Gasteiger partial charge in [-0.1, -0.05) is 0 Å². The van der Waals surface area contributed by atoms with E-state index >= 15 is 0 Å². The van der Waals surface area contributed by atoms with Crippen LogP contribution in [0.4, 0.5) is 0 Å². The van der Waals surface area contributed by atoms with Crippen molar-refractivity contribution < 1.29 is 9.90 Å². The zero-order valence-electron chi connectivity index (χ0n) is 10.3. The standard InChI is InChI=1S/C12H23N3O2/c16-12(17)9-15(7-10-3-1-5-13-10)8-11-4-2-6-14-11/h10-11,13-14H,1-9H2,(H,16,17)/t10-,11-/m0/s1. The average molecular weight is 241 g/mol. The number of aliphatic carboxylic acids is 1. The zero-order chi connectivity index (χ0) is 12.1. The smallest absolute Gasteiger partial charge is 0.317 e. The van der Waals surface area contributed by atoms with Crippen LogP contribution in [0.5, 0.6) is 0 Å². The molecule has 0 aromatic heterocycles. The largest absolute Gasteiger partial charge is 0.480 e. The summed E-state index contributed by atoms with van der Waals surface area (Å²) in [5.74, 6) is -0.721. The first-order valence-corrected chi connectivity index (χ1v) is 6.65. The molecule has 0 bridgehead atoms. The molecular weight excluding hydrogens is 218 g/mol. The maximum atomic E-state index is 10.9. The molecule has 2 aliphatic rings. The third kappa shape index (κ3) is 4.26. The van der Waals surface area contributed by atoms with Gasteiger partial charge in [-0.2, -0.15) is 0 Å². The first-order valence-electron chi connectivity index (χ1n) is 6.65. The van der Waals surface area contributed by atoms with E-state index in [9.17, 15) is 4.79 Å². The molecule has 2 atom stereocenters. The molecular formula is C12H23N3O2. The molecule has 2 saturated heterocycles. The Labute approximate surface area is 103 Å². The number of nitrogens with zero attached hydrogens (tertiary/aromatic N) is 1. The van der Waals surface area contributed by atoms with Gasteiger partial charge in [-0.05, 0) is 38.8 Å². The second-order valence-electron chi connectivity index (χ2n) is 5.17. The van der Waals surface area contributed by atoms with Gasteiger partial charge in [-0.15, -0.1) is 0 Å². The van der Waals surface area contributed by atoms with E-state index < -0.39 is 5.97 Å². The van der Waals surface area contributed by atoms with E-state index in [1.54, 1.807) is 0 Å². The summed E-state index contributed by atoms with van der Waals surface area (Å²) in [4.78, 5) is 13.0. The highest BCUT2D eigenvalue weighted by Crippen LogP contribution is 2.10. The summed E-state index contributed by atoms with van der Waals surface area (Å²) < 4.78 is 0. The fourth-order valence-corrected chi connectivity index (χ4v) is 2.84. The lowest BCUT2D eigenvalue weighted by Crippen LogP contribution is -2.45.